The molecule has 9 nitrogen and oxygen atoms in total. The summed E-state index contributed by atoms with van der Waals surface area (Å²) >= 11 is 0. The van der Waals surface area contributed by atoms with E-state index in [-0.39, 0.29) is 22.7 Å². The van der Waals surface area contributed by atoms with Gasteiger partial charge in [0.25, 0.3) is 0 Å². The Morgan fingerprint density at radius 2 is 1.98 bits per heavy atom. The Morgan fingerprint density at radius 3 is 2.75 bits per heavy atom. The molecule has 230 valence electrons. The fraction of sp³-hybridized carbons (Fsp3) is 0.471. The number of fused-ring (bicyclic) bond motifs is 1. The summed E-state index contributed by atoms with van der Waals surface area (Å²) in [6.45, 7) is 7.06. The van der Waals surface area contributed by atoms with Crippen molar-refractivity contribution < 1.29 is 9.50 Å². The zero-order valence-electron chi connectivity index (χ0n) is 25.4. The molecular formula is C34H40FN7O2. The molecule has 0 bridgehead atoms. The van der Waals surface area contributed by atoms with Crippen LogP contribution in [0, 0.1) is 31.5 Å². The van der Waals surface area contributed by atoms with Crippen LogP contribution in [0.25, 0.3) is 11.0 Å². The number of nitrogens with one attached hydrogen (secondary N) is 2. The molecule has 0 aromatic carbocycles. The molecule has 0 amide bonds. The lowest BCUT2D eigenvalue weighted by Crippen LogP contribution is -2.42. The number of aromatic nitrogens is 4. The van der Waals surface area contributed by atoms with Crippen LogP contribution in [0.3, 0.4) is 0 Å². The molecule has 1 unspecified atom stereocenters. The Bertz CT molecular complexity index is 1720. The molecule has 4 aromatic rings. The molecule has 2 saturated heterocycles. The Labute approximate surface area is 256 Å². The summed E-state index contributed by atoms with van der Waals surface area (Å²) in [5.41, 5.74) is 4.07. The number of pyridine rings is 4. The third-order valence-electron chi connectivity index (χ3n) is 9.78. The molecule has 0 radical (unpaired) electrons. The average molecular weight is 598 g/mol. The van der Waals surface area contributed by atoms with Crippen molar-refractivity contribution >= 4 is 22.5 Å². The zero-order valence-corrected chi connectivity index (χ0v) is 25.4. The highest BCUT2D eigenvalue weighted by Gasteiger charge is 2.48. The Kier molecular flexibility index (Phi) is 7.58. The first-order valence-electron chi connectivity index (χ1n) is 15.8. The molecule has 1 aliphatic carbocycles. The fourth-order valence-corrected chi connectivity index (χ4v) is 7.16. The number of aryl methyl sites for hydroxylation is 2. The molecule has 44 heavy (non-hydrogen) atoms. The summed E-state index contributed by atoms with van der Waals surface area (Å²) in [5, 5.41) is 14.9. The van der Waals surface area contributed by atoms with Crippen molar-refractivity contribution in [3.63, 3.8) is 0 Å². The minimum atomic E-state index is -0.775. The number of anilines is 2. The van der Waals surface area contributed by atoms with Gasteiger partial charge in [-0.1, -0.05) is 0 Å². The van der Waals surface area contributed by atoms with Crippen molar-refractivity contribution in [3.8, 4) is 0 Å². The predicted molar refractivity (Wildman–Crippen MR) is 169 cm³/mol. The average Bonchev–Trinajstić information content (AvgIpc) is 3.81. The lowest BCUT2D eigenvalue weighted by Gasteiger charge is -2.38. The van der Waals surface area contributed by atoms with Crippen LogP contribution in [-0.2, 0) is 6.54 Å². The van der Waals surface area contributed by atoms with E-state index in [1.807, 2.05) is 43.3 Å². The number of aromatic amines is 1. The van der Waals surface area contributed by atoms with E-state index >= 15 is 4.39 Å². The van der Waals surface area contributed by atoms with Crippen molar-refractivity contribution in [1.82, 2.24) is 25.3 Å². The van der Waals surface area contributed by atoms with Gasteiger partial charge in [0.1, 0.15) is 5.65 Å². The van der Waals surface area contributed by atoms with E-state index in [1.165, 1.54) is 6.07 Å². The molecule has 3 aliphatic rings. The third kappa shape index (κ3) is 5.68. The van der Waals surface area contributed by atoms with Gasteiger partial charge in [-0.3, -0.25) is 14.8 Å². The van der Waals surface area contributed by atoms with Gasteiger partial charge in [-0.25, -0.2) is 9.37 Å². The number of aliphatic hydroxyl groups is 1. The van der Waals surface area contributed by atoms with Crippen molar-refractivity contribution in [2.45, 2.75) is 64.1 Å². The summed E-state index contributed by atoms with van der Waals surface area (Å²) < 4.78 is 15.4. The normalized spacial score (nSPS) is 23.0. The van der Waals surface area contributed by atoms with E-state index in [4.69, 9.17) is 0 Å². The standard InChI is InChI=1S/C34H40FN7O2/c1-21-5-8-27(18-37-21)41-12-3-4-24(19-41)30(23-9-11-36-22(2)14-23)38-16-25-17-39-32-28(31(25)43)15-29(35)33(40-32)42-13-10-34(44,20-42)26-6-7-26/h5,8-9,11,14-15,17-18,24,26,30,38,44H,3-4,6-7,10,12-13,16,19-20H2,1-2H3,(H,39,40,43)/t24-,30?,34-/m0/s1. The van der Waals surface area contributed by atoms with Crippen LogP contribution >= 0.6 is 0 Å². The van der Waals surface area contributed by atoms with E-state index < -0.39 is 11.4 Å². The van der Waals surface area contributed by atoms with Crippen LogP contribution in [0.2, 0.25) is 0 Å². The lowest BCUT2D eigenvalue weighted by molar-refractivity contribution is 0.0400. The van der Waals surface area contributed by atoms with Crippen LogP contribution < -0.4 is 20.5 Å². The summed E-state index contributed by atoms with van der Waals surface area (Å²) in [7, 11) is 0. The van der Waals surface area contributed by atoms with Gasteiger partial charge in [0.15, 0.2) is 17.1 Å². The zero-order chi connectivity index (χ0) is 30.4. The number of nitrogens with zero attached hydrogens (tertiary/aromatic N) is 5. The number of halogens is 1. The molecule has 6 heterocycles. The van der Waals surface area contributed by atoms with Gasteiger partial charge in [0.05, 0.1) is 22.9 Å². The summed E-state index contributed by atoms with van der Waals surface area (Å²) in [5.74, 6) is 0.241. The quantitative estimate of drug-likeness (QED) is 0.271. The number of H-pyrrole nitrogens is 1. The molecule has 3 N–H and O–H groups in total. The number of hydrogen-bond acceptors (Lipinski definition) is 8. The number of rotatable bonds is 8. The highest BCUT2D eigenvalue weighted by Crippen LogP contribution is 2.45. The van der Waals surface area contributed by atoms with E-state index in [0.29, 0.717) is 49.1 Å². The van der Waals surface area contributed by atoms with Crippen LogP contribution in [0.5, 0.6) is 0 Å². The highest BCUT2D eigenvalue weighted by molar-refractivity contribution is 5.77. The molecule has 10 heteroatoms. The third-order valence-corrected chi connectivity index (χ3v) is 9.78. The molecule has 0 spiro atoms. The summed E-state index contributed by atoms with van der Waals surface area (Å²) in [4.78, 5) is 34.4. The minimum absolute atomic E-state index is 0.00868. The molecule has 1 saturated carbocycles. The van der Waals surface area contributed by atoms with Crippen LogP contribution in [0.4, 0.5) is 15.9 Å². The van der Waals surface area contributed by atoms with Gasteiger partial charge in [0.2, 0.25) is 0 Å². The van der Waals surface area contributed by atoms with Gasteiger partial charge in [-0.2, -0.15) is 0 Å². The van der Waals surface area contributed by atoms with E-state index in [0.717, 1.165) is 61.4 Å². The Hall–Kier alpha value is -3.89. The molecule has 3 fully saturated rings. The van der Waals surface area contributed by atoms with Crippen molar-refractivity contribution in [2.75, 3.05) is 36.0 Å². The lowest BCUT2D eigenvalue weighted by atomic mass is 9.86. The fourth-order valence-electron chi connectivity index (χ4n) is 7.16. The van der Waals surface area contributed by atoms with E-state index in [2.05, 4.69) is 42.3 Å². The molecule has 2 aliphatic heterocycles. The first-order chi connectivity index (χ1) is 21.3. The van der Waals surface area contributed by atoms with Gasteiger partial charge in [-0.15, -0.1) is 0 Å². The molecule has 3 atom stereocenters. The van der Waals surface area contributed by atoms with Crippen molar-refractivity contribution in [3.05, 3.63) is 87.5 Å². The van der Waals surface area contributed by atoms with Crippen molar-refractivity contribution in [2.24, 2.45) is 11.8 Å². The van der Waals surface area contributed by atoms with E-state index in [1.54, 1.807) is 6.20 Å². The second-order valence-corrected chi connectivity index (χ2v) is 13.0. The van der Waals surface area contributed by atoms with Gasteiger partial charge < -0.3 is 25.2 Å². The van der Waals surface area contributed by atoms with Gasteiger partial charge in [0, 0.05) is 68.1 Å². The Morgan fingerprint density at radius 1 is 1.11 bits per heavy atom. The first-order valence-corrected chi connectivity index (χ1v) is 15.8. The second-order valence-electron chi connectivity index (χ2n) is 13.0. The predicted octanol–water partition coefficient (Wildman–Crippen LogP) is 4.57. The summed E-state index contributed by atoms with van der Waals surface area (Å²) in [6, 6.07) is 9.63. The van der Waals surface area contributed by atoms with Crippen LogP contribution in [0.1, 0.15) is 60.7 Å². The maximum Gasteiger partial charge on any atom is 0.195 e. The highest BCUT2D eigenvalue weighted by atomic mass is 19.1. The Balaban J connectivity index is 1.12. The van der Waals surface area contributed by atoms with Gasteiger partial charge in [-0.05, 0) is 93.7 Å². The topological polar surface area (TPSA) is 110 Å². The number of piperidine rings is 1. The van der Waals surface area contributed by atoms with Crippen LogP contribution in [0.15, 0.2) is 53.7 Å². The second kappa shape index (κ2) is 11.6. The smallest absolute Gasteiger partial charge is 0.195 e. The number of hydrogen-bond donors (Lipinski definition) is 3. The maximum atomic E-state index is 15.4. The molecule has 7 rings (SSSR count). The van der Waals surface area contributed by atoms with E-state index in [9.17, 15) is 9.90 Å². The SMILES string of the molecule is Cc1ccc(N2CCC[C@H](C(NCc3c[nH]c4nc(N5CC[C@@](O)(C6CC6)C5)c(F)cc4c3=O)c3ccnc(C)c3)C2)cn1. The monoisotopic (exact) mass is 597 g/mol. The van der Waals surface area contributed by atoms with Crippen molar-refractivity contribution in [1.29, 1.82) is 0 Å². The maximum absolute atomic E-state index is 15.4. The molecule has 4 aromatic heterocycles. The molecular weight excluding hydrogens is 557 g/mol. The van der Waals surface area contributed by atoms with Crippen LogP contribution in [-0.4, -0.2) is 56.8 Å². The largest absolute Gasteiger partial charge is 0.388 e. The first kappa shape index (κ1) is 28.9. The van der Waals surface area contributed by atoms with Gasteiger partial charge >= 0.3 is 0 Å². The number of β-amino-alcohol motifs (C(OH)–C–C–N with tert-alkyl or cyclic N) is 1. The minimum Gasteiger partial charge on any atom is -0.388 e. The summed E-state index contributed by atoms with van der Waals surface area (Å²) in [6.07, 6.45) is 10.2.